The fourth-order valence-corrected chi connectivity index (χ4v) is 4.99. The van der Waals surface area contributed by atoms with Crippen LogP contribution in [0.4, 0.5) is 4.79 Å². The number of hydrogen-bond donors (Lipinski definition) is 2. The Kier molecular flexibility index (Phi) is 7.62. The molecule has 170 valence electrons. The van der Waals surface area contributed by atoms with Gasteiger partial charge in [0.25, 0.3) is 0 Å². The predicted octanol–water partition coefficient (Wildman–Crippen LogP) is 4.18. The Labute approximate surface area is 189 Å². The van der Waals surface area contributed by atoms with E-state index in [2.05, 4.69) is 22.3 Å². The standard InChI is InChI=1S/C24H34N2O4S/c1-23(2,3)30-22(27)25-19(16-18-8-6-5-7-9-18)17-26-13-11-24(28,12-14-26)21-20(29-4)10-15-31-21/h5-10,15,19,28H,11-14,16-17H2,1-4H3,(H,25,27)/t19-/m0/s1. The lowest BCUT2D eigenvalue weighted by Crippen LogP contribution is -2.50. The Balaban J connectivity index is 1.63. The number of ether oxygens (including phenoxy) is 2. The minimum absolute atomic E-state index is 0.0836. The number of rotatable bonds is 7. The maximum absolute atomic E-state index is 12.4. The van der Waals surface area contributed by atoms with Crippen molar-refractivity contribution < 1.29 is 19.4 Å². The minimum Gasteiger partial charge on any atom is -0.495 e. The fraction of sp³-hybridized carbons (Fsp3) is 0.542. The van der Waals surface area contributed by atoms with E-state index in [9.17, 15) is 9.90 Å². The molecule has 1 aromatic carbocycles. The Morgan fingerprint density at radius 3 is 2.52 bits per heavy atom. The molecule has 3 rings (SSSR count). The molecule has 1 aromatic heterocycles. The SMILES string of the molecule is COc1ccsc1C1(O)CCN(C[C@H](Cc2ccccc2)NC(=O)OC(C)(C)C)CC1. The topological polar surface area (TPSA) is 71.0 Å². The summed E-state index contributed by atoms with van der Waals surface area (Å²) in [6.07, 6.45) is 1.59. The summed E-state index contributed by atoms with van der Waals surface area (Å²) in [5, 5.41) is 16.2. The van der Waals surface area contributed by atoms with Crippen molar-refractivity contribution in [3.8, 4) is 5.75 Å². The zero-order chi connectivity index (χ0) is 22.5. The summed E-state index contributed by atoms with van der Waals surface area (Å²) in [6, 6.07) is 12.0. The highest BCUT2D eigenvalue weighted by molar-refractivity contribution is 7.10. The number of methoxy groups -OCH3 is 1. The number of nitrogens with zero attached hydrogens (tertiary/aromatic N) is 1. The maximum Gasteiger partial charge on any atom is 0.407 e. The Hall–Kier alpha value is -2.09. The molecular formula is C24H34N2O4S. The lowest BCUT2D eigenvalue weighted by Gasteiger charge is -2.39. The molecule has 0 spiro atoms. The van der Waals surface area contributed by atoms with E-state index in [4.69, 9.17) is 9.47 Å². The molecular weight excluding hydrogens is 412 g/mol. The number of nitrogens with one attached hydrogen (secondary N) is 1. The third kappa shape index (κ3) is 6.69. The lowest BCUT2D eigenvalue weighted by molar-refractivity contribution is -0.0264. The number of aliphatic hydroxyl groups is 1. The van der Waals surface area contributed by atoms with Gasteiger partial charge in [-0.05, 0) is 57.0 Å². The molecule has 6 nitrogen and oxygen atoms in total. The summed E-state index contributed by atoms with van der Waals surface area (Å²) in [4.78, 5) is 15.6. The minimum atomic E-state index is -0.858. The number of thiophene rings is 1. The van der Waals surface area contributed by atoms with Gasteiger partial charge < -0.3 is 24.8 Å². The molecule has 1 aliphatic heterocycles. The number of carbonyl (C=O) groups excluding carboxylic acids is 1. The molecule has 0 unspecified atom stereocenters. The first-order valence-electron chi connectivity index (χ1n) is 10.8. The van der Waals surface area contributed by atoms with Crippen molar-refractivity contribution in [3.63, 3.8) is 0 Å². The molecule has 1 fully saturated rings. The van der Waals surface area contributed by atoms with E-state index in [0.717, 1.165) is 30.1 Å². The molecule has 1 atom stereocenters. The molecule has 0 bridgehead atoms. The van der Waals surface area contributed by atoms with Gasteiger partial charge in [-0.25, -0.2) is 4.79 Å². The molecule has 31 heavy (non-hydrogen) atoms. The first-order valence-corrected chi connectivity index (χ1v) is 11.7. The highest BCUT2D eigenvalue weighted by Crippen LogP contribution is 2.41. The van der Waals surface area contributed by atoms with Crippen LogP contribution in [0.5, 0.6) is 5.75 Å². The third-order valence-electron chi connectivity index (χ3n) is 5.48. The normalized spacial score (nSPS) is 17.7. The van der Waals surface area contributed by atoms with E-state index in [0.29, 0.717) is 19.4 Å². The van der Waals surface area contributed by atoms with Gasteiger partial charge in [0.1, 0.15) is 17.0 Å². The highest BCUT2D eigenvalue weighted by Gasteiger charge is 2.38. The number of benzene rings is 1. The maximum atomic E-state index is 12.4. The number of hydrogen-bond acceptors (Lipinski definition) is 6. The first kappa shape index (κ1) is 23.6. The quantitative estimate of drug-likeness (QED) is 0.668. The van der Waals surface area contributed by atoms with Gasteiger partial charge in [0.15, 0.2) is 0 Å². The van der Waals surface area contributed by atoms with E-state index in [1.54, 1.807) is 18.4 Å². The number of likely N-dealkylation sites (tertiary alicyclic amines) is 1. The number of piperidine rings is 1. The first-order chi connectivity index (χ1) is 14.7. The van der Waals surface area contributed by atoms with E-state index in [1.807, 2.05) is 50.4 Å². The van der Waals surface area contributed by atoms with Crippen LogP contribution in [-0.2, 0) is 16.8 Å². The van der Waals surface area contributed by atoms with Gasteiger partial charge in [0.05, 0.1) is 12.0 Å². The summed E-state index contributed by atoms with van der Waals surface area (Å²) in [5.41, 5.74) is -0.230. The summed E-state index contributed by atoms with van der Waals surface area (Å²) < 4.78 is 10.9. The van der Waals surface area contributed by atoms with Crippen molar-refractivity contribution in [3.05, 3.63) is 52.2 Å². The van der Waals surface area contributed by atoms with Crippen LogP contribution in [0.3, 0.4) is 0 Å². The van der Waals surface area contributed by atoms with Gasteiger partial charge in [0, 0.05) is 25.7 Å². The molecule has 1 saturated heterocycles. The zero-order valence-corrected chi connectivity index (χ0v) is 19.7. The second-order valence-electron chi connectivity index (χ2n) is 9.18. The van der Waals surface area contributed by atoms with Crippen LogP contribution >= 0.6 is 11.3 Å². The summed E-state index contributed by atoms with van der Waals surface area (Å²) >= 11 is 1.54. The molecule has 7 heteroatoms. The zero-order valence-electron chi connectivity index (χ0n) is 18.9. The van der Waals surface area contributed by atoms with Gasteiger partial charge in [-0.2, -0.15) is 0 Å². The molecule has 2 heterocycles. The van der Waals surface area contributed by atoms with Crippen molar-refractivity contribution in [2.45, 2.75) is 57.3 Å². The van der Waals surface area contributed by atoms with Crippen LogP contribution in [0.1, 0.15) is 44.1 Å². The molecule has 0 aliphatic carbocycles. The Morgan fingerprint density at radius 1 is 1.23 bits per heavy atom. The van der Waals surface area contributed by atoms with Crippen molar-refractivity contribution in [2.75, 3.05) is 26.7 Å². The molecule has 1 aliphatic rings. The average molecular weight is 447 g/mol. The Morgan fingerprint density at radius 2 is 1.90 bits per heavy atom. The average Bonchev–Trinajstić information content (AvgIpc) is 3.19. The molecule has 2 N–H and O–H groups in total. The second kappa shape index (κ2) is 10.0. The summed E-state index contributed by atoms with van der Waals surface area (Å²) in [6.45, 7) is 7.79. The Bertz CT molecular complexity index is 839. The predicted molar refractivity (Wildman–Crippen MR) is 124 cm³/mol. The monoisotopic (exact) mass is 446 g/mol. The van der Waals surface area contributed by atoms with Crippen LogP contribution < -0.4 is 10.1 Å². The van der Waals surface area contributed by atoms with E-state index in [1.165, 1.54) is 5.56 Å². The largest absolute Gasteiger partial charge is 0.495 e. The van der Waals surface area contributed by atoms with Crippen LogP contribution in [0, 0.1) is 0 Å². The smallest absolute Gasteiger partial charge is 0.407 e. The van der Waals surface area contributed by atoms with E-state index >= 15 is 0 Å². The van der Waals surface area contributed by atoms with E-state index < -0.39 is 17.3 Å². The number of amides is 1. The van der Waals surface area contributed by atoms with Crippen LogP contribution in [-0.4, -0.2) is 54.5 Å². The van der Waals surface area contributed by atoms with Crippen LogP contribution in [0.2, 0.25) is 0 Å². The fourth-order valence-electron chi connectivity index (χ4n) is 3.98. The van der Waals surface area contributed by atoms with Crippen LogP contribution in [0.15, 0.2) is 41.8 Å². The van der Waals surface area contributed by atoms with Crippen molar-refractivity contribution in [1.29, 1.82) is 0 Å². The molecule has 2 aromatic rings. The third-order valence-corrected chi connectivity index (χ3v) is 6.57. The van der Waals surface area contributed by atoms with Crippen molar-refractivity contribution in [2.24, 2.45) is 0 Å². The van der Waals surface area contributed by atoms with Crippen molar-refractivity contribution >= 4 is 17.4 Å². The molecule has 1 amide bonds. The molecule has 0 saturated carbocycles. The molecule has 0 radical (unpaired) electrons. The number of alkyl carbamates (subject to hydrolysis) is 1. The van der Waals surface area contributed by atoms with Crippen molar-refractivity contribution in [1.82, 2.24) is 10.2 Å². The number of carbonyl (C=O) groups is 1. The van der Waals surface area contributed by atoms with Gasteiger partial charge in [-0.15, -0.1) is 11.3 Å². The van der Waals surface area contributed by atoms with Gasteiger partial charge in [-0.1, -0.05) is 30.3 Å². The van der Waals surface area contributed by atoms with Gasteiger partial charge in [0.2, 0.25) is 0 Å². The highest BCUT2D eigenvalue weighted by atomic mass is 32.1. The van der Waals surface area contributed by atoms with Crippen LogP contribution in [0.25, 0.3) is 0 Å². The van der Waals surface area contributed by atoms with E-state index in [-0.39, 0.29) is 6.04 Å². The summed E-state index contributed by atoms with van der Waals surface area (Å²) in [5.74, 6) is 0.759. The lowest BCUT2D eigenvalue weighted by atomic mass is 9.89. The second-order valence-corrected chi connectivity index (χ2v) is 10.1. The summed E-state index contributed by atoms with van der Waals surface area (Å²) in [7, 11) is 1.64. The van der Waals surface area contributed by atoms with Gasteiger partial charge in [-0.3, -0.25) is 0 Å². The van der Waals surface area contributed by atoms with Gasteiger partial charge >= 0.3 is 6.09 Å².